The Morgan fingerprint density at radius 1 is 0.969 bits per heavy atom. The summed E-state index contributed by atoms with van der Waals surface area (Å²) >= 11 is 6.29. The second kappa shape index (κ2) is 8.63. The second-order valence-corrected chi connectivity index (χ2v) is 8.43. The molecule has 1 amide bonds. The molecule has 0 aliphatic carbocycles. The largest absolute Gasteiger partial charge is 0.353 e. The van der Waals surface area contributed by atoms with Crippen LogP contribution >= 0.6 is 11.6 Å². The van der Waals surface area contributed by atoms with Gasteiger partial charge in [0.05, 0.1) is 5.52 Å². The van der Waals surface area contributed by atoms with Gasteiger partial charge in [-0.2, -0.15) is 5.10 Å². The van der Waals surface area contributed by atoms with Crippen LogP contribution in [-0.2, 0) is 4.79 Å². The molecular formula is C25H24ClN5O. The van der Waals surface area contributed by atoms with Crippen LogP contribution in [0.1, 0.15) is 13.0 Å². The summed E-state index contributed by atoms with van der Waals surface area (Å²) in [6, 6.07) is 21.2. The third kappa shape index (κ3) is 3.82. The van der Waals surface area contributed by atoms with E-state index in [0.717, 1.165) is 41.1 Å². The number of hydrogen-bond donors (Lipinski definition) is 0. The number of fused-ring (bicyclic) bond motifs is 1. The fourth-order valence-corrected chi connectivity index (χ4v) is 4.46. The normalized spacial score (nSPS) is 15.2. The van der Waals surface area contributed by atoms with E-state index >= 15 is 0 Å². The van der Waals surface area contributed by atoms with E-state index in [2.05, 4.69) is 9.88 Å². The van der Waals surface area contributed by atoms with Crippen molar-refractivity contribution in [2.45, 2.75) is 13.0 Å². The van der Waals surface area contributed by atoms with Crippen LogP contribution < -0.4 is 4.90 Å². The van der Waals surface area contributed by atoms with Crippen molar-refractivity contribution >= 4 is 34.2 Å². The van der Waals surface area contributed by atoms with Crippen molar-refractivity contribution in [3.05, 3.63) is 77.9 Å². The highest BCUT2D eigenvalue weighted by Crippen LogP contribution is 2.32. The fraction of sp³-hybridized carbons (Fsp3) is 0.240. The molecule has 2 aromatic heterocycles. The molecule has 0 saturated carbocycles. The lowest BCUT2D eigenvalue weighted by Gasteiger charge is -2.36. The van der Waals surface area contributed by atoms with E-state index in [1.54, 1.807) is 6.20 Å². The molecule has 7 heteroatoms. The van der Waals surface area contributed by atoms with Gasteiger partial charge in [-0.05, 0) is 37.3 Å². The summed E-state index contributed by atoms with van der Waals surface area (Å²) in [7, 11) is 0. The van der Waals surface area contributed by atoms with Crippen LogP contribution in [0.3, 0.4) is 0 Å². The van der Waals surface area contributed by atoms with Crippen molar-refractivity contribution < 1.29 is 4.79 Å². The summed E-state index contributed by atoms with van der Waals surface area (Å²) in [5.41, 5.74) is 2.74. The molecule has 1 fully saturated rings. The number of nitrogens with zero attached hydrogens (tertiary/aromatic N) is 5. The number of benzene rings is 2. The summed E-state index contributed by atoms with van der Waals surface area (Å²) < 4.78 is 1.83. The van der Waals surface area contributed by atoms with Crippen molar-refractivity contribution in [3.63, 3.8) is 0 Å². The number of hydrogen-bond acceptors (Lipinski definition) is 4. The first kappa shape index (κ1) is 20.5. The Morgan fingerprint density at radius 3 is 2.44 bits per heavy atom. The second-order valence-electron chi connectivity index (χ2n) is 8.00. The molecule has 1 saturated heterocycles. The molecule has 162 valence electrons. The van der Waals surface area contributed by atoms with E-state index in [0.29, 0.717) is 18.1 Å². The predicted octanol–water partition coefficient (Wildman–Crippen LogP) is 4.66. The molecule has 1 aliphatic heterocycles. The molecule has 0 bridgehead atoms. The number of pyridine rings is 1. The molecule has 32 heavy (non-hydrogen) atoms. The summed E-state index contributed by atoms with van der Waals surface area (Å²) in [5.74, 6) is 1.03. The number of carbonyl (C=O) groups excluding carboxylic acids is 1. The van der Waals surface area contributed by atoms with Crippen molar-refractivity contribution in [1.29, 1.82) is 0 Å². The molecule has 0 unspecified atom stereocenters. The Morgan fingerprint density at radius 2 is 1.72 bits per heavy atom. The van der Waals surface area contributed by atoms with Gasteiger partial charge in [-0.1, -0.05) is 48.0 Å². The average Bonchev–Trinajstić information content (AvgIpc) is 3.23. The van der Waals surface area contributed by atoms with Crippen LogP contribution in [0.4, 0.5) is 5.82 Å². The number of aromatic nitrogens is 3. The van der Waals surface area contributed by atoms with Crippen LogP contribution in [0.25, 0.3) is 22.2 Å². The molecule has 2 aromatic carbocycles. The number of anilines is 1. The molecule has 4 aromatic rings. The summed E-state index contributed by atoms with van der Waals surface area (Å²) in [6.07, 6.45) is 1.80. The lowest BCUT2D eigenvalue weighted by molar-refractivity contribution is -0.134. The minimum Gasteiger partial charge on any atom is -0.353 e. The maximum Gasteiger partial charge on any atom is 0.247 e. The van der Waals surface area contributed by atoms with Gasteiger partial charge in [-0.15, -0.1) is 0 Å². The highest BCUT2D eigenvalue weighted by atomic mass is 35.5. The molecule has 6 nitrogen and oxygen atoms in total. The molecule has 5 rings (SSSR count). The Labute approximate surface area is 192 Å². The minimum atomic E-state index is -0.419. The Balaban J connectivity index is 1.40. The number of carbonyl (C=O) groups is 1. The predicted molar refractivity (Wildman–Crippen MR) is 128 cm³/mol. The summed E-state index contributed by atoms with van der Waals surface area (Å²) in [4.78, 5) is 22.0. The quantitative estimate of drug-likeness (QED) is 0.458. The van der Waals surface area contributed by atoms with Gasteiger partial charge in [0.25, 0.3) is 0 Å². The lowest BCUT2D eigenvalue weighted by Crippen LogP contribution is -2.50. The molecule has 0 spiro atoms. The fourth-order valence-electron chi connectivity index (χ4n) is 4.28. The van der Waals surface area contributed by atoms with Gasteiger partial charge in [-0.25, -0.2) is 4.98 Å². The average molecular weight is 446 g/mol. The molecule has 0 N–H and O–H groups in total. The molecule has 1 atom stereocenters. The van der Waals surface area contributed by atoms with Crippen LogP contribution in [0, 0.1) is 0 Å². The van der Waals surface area contributed by atoms with Crippen molar-refractivity contribution in [2.75, 3.05) is 31.1 Å². The highest BCUT2D eigenvalue weighted by molar-refractivity contribution is 6.31. The first-order chi connectivity index (χ1) is 15.6. The Kier molecular flexibility index (Phi) is 5.53. The van der Waals surface area contributed by atoms with Crippen molar-refractivity contribution in [2.24, 2.45) is 0 Å². The first-order valence-corrected chi connectivity index (χ1v) is 11.2. The minimum absolute atomic E-state index is 0.0737. The molecular weight excluding hydrogens is 422 g/mol. The van der Waals surface area contributed by atoms with Gasteiger partial charge in [-0.3, -0.25) is 9.48 Å². The van der Waals surface area contributed by atoms with Gasteiger partial charge in [0.1, 0.15) is 17.6 Å². The van der Waals surface area contributed by atoms with Crippen LogP contribution in [0.2, 0.25) is 5.02 Å². The van der Waals surface area contributed by atoms with Gasteiger partial charge in [0.15, 0.2) is 0 Å². The van der Waals surface area contributed by atoms with Gasteiger partial charge >= 0.3 is 0 Å². The van der Waals surface area contributed by atoms with Crippen LogP contribution in [0.15, 0.2) is 72.9 Å². The zero-order valence-corrected chi connectivity index (χ0v) is 18.6. The zero-order valence-electron chi connectivity index (χ0n) is 17.9. The smallest absolute Gasteiger partial charge is 0.247 e. The monoisotopic (exact) mass is 445 g/mol. The van der Waals surface area contributed by atoms with E-state index in [4.69, 9.17) is 16.7 Å². The van der Waals surface area contributed by atoms with Crippen molar-refractivity contribution in [3.8, 4) is 11.3 Å². The van der Waals surface area contributed by atoms with E-state index < -0.39 is 6.04 Å². The molecule has 1 aliphatic rings. The zero-order chi connectivity index (χ0) is 22.1. The lowest BCUT2D eigenvalue weighted by atomic mass is 10.1. The third-order valence-electron chi connectivity index (χ3n) is 6.00. The SMILES string of the molecule is C[C@@H](C(=O)N1CCN(c2ccccn2)CC1)n1nc(-c2ccccc2)c2cc(Cl)ccc21. The van der Waals surface area contributed by atoms with E-state index in [9.17, 15) is 4.79 Å². The summed E-state index contributed by atoms with van der Waals surface area (Å²) in [6.45, 7) is 4.77. The summed E-state index contributed by atoms with van der Waals surface area (Å²) in [5, 5.41) is 6.47. The third-order valence-corrected chi connectivity index (χ3v) is 6.24. The van der Waals surface area contributed by atoms with E-state index in [1.165, 1.54) is 0 Å². The van der Waals surface area contributed by atoms with E-state index in [-0.39, 0.29) is 5.91 Å². The van der Waals surface area contributed by atoms with Crippen LogP contribution in [0.5, 0.6) is 0 Å². The number of piperazine rings is 1. The van der Waals surface area contributed by atoms with Crippen LogP contribution in [-0.4, -0.2) is 51.8 Å². The van der Waals surface area contributed by atoms with Gasteiger partial charge in [0.2, 0.25) is 5.91 Å². The highest BCUT2D eigenvalue weighted by Gasteiger charge is 2.28. The van der Waals surface area contributed by atoms with E-state index in [1.807, 2.05) is 83.2 Å². The van der Waals surface area contributed by atoms with Crippen molar-refractivity contribution in [1.82, 2.24) is 19.7 Å². The number of rotatable bonds is 4. The number of amides is 1. The Bertz CT molecular complexity index is 1230. The maximum atomic E-state index is 13.4. The van der Waals surface area contributed by atoms with Gasteiger partial charge in [0, 0.05) is 48.3 Å². The van der Waals surface area contributed by atoms with Gasteiger partial charge < -0.3 is 9.80 Å². The number of halogens is 1. The first-order valence-electron chi connectivity index (χ1n) is 10.8. The maximum absolute atomic E-state index is 13.4. The topological polar surface area (TPSA) is 54.3 Å². The molecule has 3 heterocycles. The standard InChI is InChI=1S/C25H24ClN5O/c1-18(25(32)30-15-13-29(14-16-30)23-9-5-6-12-27-23)31-22-11-10-20(26)17-21(22)24(28-31)19-7-3-2-4-8-19/h2-12,17-18H,13-16H2,1H3/t18-/m0/s1. The molecule has 0 radical (unpaired) electrons. The Hall–Kier alpha value is -3.38.